The fourth-order valence-electron chi connectivity index (χ4n) is 0.694. The van der Waals surface area contributed by atoms with E-state index in [1.54, 1.807) is 0 Å². The molecular weight excluding hydrogens is 236 g/mol. The third-order valence-corrected chi connectivity index (χ3v) is 2.64. The maximum absolute atomic E-state index is 11.1. The number of Topliss-reactive ketones (excluding diaryl/α,β-unsaturated/α-hetero) is 1. The number of ketones is 1. The second kappa shape index (κ2) is 7.06. The molecule has 0 aromatic carbocycles. The first-order chi connectivity index (χ1) is 6.13. The number of halogens is 1. The molecule has 0 unspecified atom stereocenters. The molecule has 0 rings (SSSR count). The van der Waals surface area contributed by atoms with E-state index in [1.165, 1.54) is 0 Å². The molecule has 0 aliphatic heterocycles. The Morgan fingerprint density at radius 2 is 2.00 bits per heavy atom. The third-order valence-electron chi connectivity index (χ3n) is 1.58. The molecule has 4 heteroatoms. The topological polar surface area (TPSA) is 43.4 Å². The molecule has 0 saturated heterocycles. The number of hydrogen-bond donors (Lipinski definition) is 0. The number of hydrogen-bond acceptors (Lipinski definition) is 3. The van der Waals surface area contributed by atoms with Gasteiger partial charge in [0.2, 0.25) is 0 Å². The van der Waals surface area contributed by atoms with Gasteiger partial charge in [0.15, 0.2) is 0 Å². The summed E-state index contributed by atoms with van der Waals surface area (Å²) in [6.45, 7) is 4.16. The molecule has 13 heavy (non-hydrogen) atoms. The largest absolute Gasteiger partial charge is 0.460 e. The lowest BCUT2D eigenvalue weighted by Crippen LogP contribution is -2.25. The molecule has 0 aromatic rings. The number of carbonyl (C=O) groups is 2. The van der Waals surface area contributed by atoms with Gasteiger partial charge in [-0.05, 0) is 12.8 Å². The normalized spacial score (nSPS) is 12.2. The van der Waals surface area contributed by atoms with Gasteiger partial charge in [0.1, 0.15) is 0 Å². The summed E-state index contributed by atoms with van der Waals surface area (Å²) in [5, 5.41) is 0. The van der Waals surface area contributed by atoms with E-state index in [4.69, 9.17) is 4.74 Å². The predicted molar refractivity (Wildman–Crippen MR) is 53.9 cm³/mol. The van der Waals surface area contributed by atoms with Crippen molar-refractivity contribution < 1.29 is 14.3 Å². The Kier molecular flexibility index (Phi) is 6.86. The van der Waals surface area contributed by atoms with Crippen molar-refractivity contribution in [2.24, 2.45) is 0 Å². The molecule has 3 nitrogen and oxygen atoms in total. The van der Waals surface area contributed by atoms with Crippen molar-refractivity contribution >= 4 is 27.7 Å². The van der Waals surface area contributed by atoms with Crippen molar-refractivity contribution in [1.29, 1.82) is 0 Å². The van der Waals surface area contributed by atoms with Gasteiger partial charge in [0, 0.05) is 0 Å². The fraction of sp³-hybridized carbons (Fsp3) is 0.778. The van der Waals surface area contributed by atoms with Crippen LogP contribution in [0.3, 0.4) is 0 Å². The molecule has 1 atom stereocenters. The number of rotatable bonds is 6. The monoisotopic (exact) mass is 250 g/mol. The van der Waals surface area contributed by atoms with Crippen LogP contribution >= 0.6 is 15.9 Å². The van der Waals surface area contributed by atoms with Crippen LogP contribution in [0.5, 0.6) is 0 Å². The van der Waals surface area contributed by atoms with Crippen LogP contribution in [0.1, 0.15) is 33.1 Å². The Morgan fingerprint density at radius 3 is 2.46 bits per heavy atom. The minimum atomic E-state index is -0.725. The summed E-state index contributed by atoms with van der Waals surface area (Å²) < 4.78 is 4.75. The summed E-state index contributed by atoms with van der Waals surface area (Å²) in [6.07, 6.45) is 2.35. The first-order valence-corrected chi connectivity index (χ1v) is 5.40. The maximum atomic E-state index is 11.1. The molecular formula is C9H15BrO3. The molecule has 0 bridgehead atoms. The fourth-order valence-corrected chi connectivity index (χ4v) is 0.881. The zero-order chi connectivity index (χ0) is 10.3. The Labute approximate surface area is 87.0 Å². The third kappa shape index (κ3) is 5.03. The van der Waals surface area contributed by atoms with Gasteiger partial charge in [-0.2, -0.15) is 0 Å². The van der Waals surface area contributed by atoms with Crippen molar-refractivity contribution in [3.8, 4) is 0 Å². The van der Waals surface area contributed by atoms with Gasteiger partial charge in [0.25, 0.3) is 5.78 Å². The van der Waals surface area contributed by atoms with E-state index in [2.05, 4.69) is 15.9 Å². The van der Waals surface area contributed by atoms with Crippen molar-refractivity contribution in [3.05, 3.63) is 0 Å². The SMILES string of the molecule is CCCCOC(=O)C(=O)[C@@H](Br)CC. The lowest BCUT2D eigenvalue weighted by atomic mass is 10.2. The van der Waals surface area contributed by atoms with E-state index >= 15 is 0 Å². The summed E-state index contributed by atoms with van der Waals surface area (Å²) in [7, 11) is 0. The molecule has 0 heterocycles. The average molecular weight is 251 g/mol. The summed E-state index contributed by atoms with van der Waals surface area (Å²) in [4.78, 5) is 21.8. The van der Waals surface area contributed by atoms with Crippen LogP contribution in [0.15, 0.2) is 0 Å². The van der Waals surface area contributed by atoms with Crippen molar-refractivity contribution in [2.75, 3.05) is 6.61 Å². The number of ether oxygens (including phenoxy) is 1. The highest BCUT2D eigenvalue weighted by atomic mass is 79.9. The second-order valence-corrected chi connectivity index (χ2v) is 3.83. The highest BCUT2D eigenvalue weighted by Gasteiger charge is 2.22. The highest BCUT2D eigenvalue weighted by molar-refractivity contribution is 9.10. The molecule has 0 N–H and O–H groups in total. The summed E-state index contributed by atoms with van der Waals surface area (Å²) in [5.41, 5.74) is 0. The molecule has 76 valence electrons. The van der Waals surface area contributed by atoms with E-state index in [-0.39, 0.29) is 0 Å². The quantitative estimate of drug-likeness (QED) is 0.314. The zero-order valence-corrected chi connectivity index (χ0v) is 9.59. The lowest BCUT2D eigenvalue weighted by molar-refractivity contribution is -0.153. The Balaban J connectivity index is 3.76. The van der Waals surface area contributed by atoms with E-state index in [9.17, 15) is 9.59 Å². The van der Waals surface area contributed by atoms with Crippen LogP contribution < -0.4 is 0 Å². The van der Waals surface area contributed by atoms with Gasteiger partial charge in [-0.3, -0.25) is 4.79 Å². The first kappa shape index (κ1) is 12.6. The van der Waals surface area contributed by atoms with E-state index < -0.39 is 16.6 Å². The Bertz CT molecular complexity index is 180. The van der Waals surface area contributed by atoms with Crippen LogP contribution in [-0.2, 0) is 14.3 Å². The first-order valence-electron chi connectivity index (χ1n) is 4.48. The molecule has 0 radical (unpaired) electrons. The predicted octanol–water partition coefficient (Wildman–Crippen LogP) is 2.07. The summed E-state index contributed by atoms with van der Waals surface area (Å²) in [5.74, 6) is -1.21. The zero-order valence-electron chi connectivity index (χ0n) is 8.01. The van der Waals surface area contributed by atoms with E-state index in [0.717, 1.165) is 12.8 Å². The van der Waals surface area contributed by atoms with Crippen molar-refractivity contribution in [2.45, 2.75) is 37.9 Å². The molecule has 0 aliphatic carbocycles. The smallest absolute Gasteiger partial charge is 0.375 e. The van der Waals surface area contributed by atoms with E-state index in [1.807, 2.05) is 13.8 Å². The van der Waals surface area contributed by atoms with Crippen LogP contribution in [0.4, 0.5) is 0 Å². The highest BCUT2D eigenvalue weighted by Crippen LogP contribution is 2.06. The van der Waals surface area contributed by atoms with Gasteiger partial charge in [-0.1, -0.05) is 36.2 Å². The molecule has 0 spiro atoms. The van der Waals surface area contributed by atoms with Crippen molar-refractivity contribution in [1.82, 2.24) is 0 Å². The lowest BCUT2D eigenvalue weighted by Gasteiger charge is -2.05. The maximum Gasteiger partial charge on any atom is 0.375 e. The van der Waals surface area contributed by atoms with Crippen LogP contribution in [0.25, 0.3) is 0 Å². The molecule has 0 aromatic heterocycles. The Hall–Kier alpha value is -0.380. The molecule has 0 saturated carbocycles. The second-order valence-electron chi connectivity index (χ2n) is 2.73. The molecule has 0 aliphatic rings. The number of unbranched alkanes of at least 4 members (excludes halogenated alkanes) is 1. The van der Waals surface area contributed by atoms with Gasteiger partial charge in [0.05, 0.1) is 11.4 Å². The van der Waals surface area contributed by atoms with Crippen LogP contribution in [0, 0.1) is 0 Å². The average Bonchev–Trinajstić information content (AvgIpc) is 2.15. The minimum absolute atomic E-state index is 0.338. The number of alkyl halides is 1. The van der Waals surface area contributed by atoms with Crippen molar-refractivity contribution in [3.63, 3.8) is 0 Å². The van der Waals surface area contributed by atoms with Gasteiger partial charge in [-0.25, -0.2) is 4.79 Å². The number of carbonyl (C=O) groups excluding carboxylic acids is 2. The minimum Gasteiger partial charge on any atom is -0.460 e. The van der Waals surface area contributed by atoms with Gasteiger partial charge < -0.3 is 4.74 Å². The molecule has 0 fully saturated rings. The van der Waals surface area contributed by atoms with Gasteiger partial charge in [-0.15, -0.1) is 0 Å². The standard InChI is InChI=1S/C9H15BrO3/c1-3-5-6-13-9(12)8(11)7(10)4-2/h7H,3-6H2,1-2H3/t7-/m0/s1. The summed E-state index contributed by atoms with van der Waals surface area (Å²) >= 11 is 3.10. The summed E-state index contributed by atoms with van der Waals surface area (Å²) in [6, 6.07) is 0. The van der Waals surface area contributed by atoms with Crippen LogP contribution in [-0.4, -0.2) is 23.2 Å². The van der Waals surface area contributed by atoms with E-state index in [0.29, 0.717) is 13.0 Å². The van der Waals surface area contributed by atoms with Crippen LogP contribution in [0.2, 0.25) is 0 Å². The molecule has 0 amide bonds. The Morgan fingerprint density at radius 1 is 1.38 bits per heavy atom. The number of esters is 1. The van der Waals surface area contributed by atoms with Gasteiger partial charge >= 0.3 is 5.97 Å².